The van der Waals surface area contributed by atoms with Crippen molar-refractivity contribution in [1.82, 2.24) is 4.98 Å². The summed E-state index contributed by atoms with van der Waals surface area (Å²) >= 11 is 0. The molecule has 1 aromatic heterocycles. The first-order chi connectivity index (χ1) is 7.68. The summed E-state index contributed by atoms with van der Waals surface area (Å²) in [6, 6.07) is 7.87. The molecular weight excluding hydrogens is 208 g/mol. The number of para-hydroxylation sites is 1. The maximum Gasteiger partial charge on any atom is 0.131 e. The maximum atomic E-state index is 13.1. The summed E-state index contributed by atoms with van der Waals surface area (Å²) in [4.78, 5) is 3.12. The van der Waals surface area contributed by atoms with Crippen LogP contribution in [0.5, 0.6) is 0 Å². The predicted octanol–water partition coefficient (Wildman–Crippen LogP) is 3.80. The number of alkyl halides is 2. The number of fused-ring (bicyclic) bond motifs is 1. The topological polar surface area (TPSA) is 15.8 Å². The van der Waals surface area contributed by atoms with E-state index in [1.807, 2.05) is 30.5 Å². The van der Waals surface area contributed by atoms with Crippen molar-refractivity contribution in [3.63, 3.8) is 0 Å². The number of halogens is 2. The van der Waals surface area contributed by atoms with Crippen LogP contribution in [0.1, 0.15) is 18.9 Å². The number of rotatable bonds is 4. The van der Waals surface area contributed by atoms with Gasteiger partial charge in [0.1, 0.15) is 12.3 Å². The second-order valence-corrected chi connectivity index (χ2v) is 4.09. The van der Waals surface area contributed by atoms with Gasteiger partial charge >= 0.3 is 0 Å². The first-order valence-corrected chi connectivity index (χ1v) is 5.51. The normalized spacial score (nSPS) is 15.2. The second-order valence-electron chi connectivity index (χ2n) is 4.09. The number of benzene rings is 1. The molecule has 0 aliphatic heterocycles. The molecular formula is C13H15F2N. The molecule has 0 aliphatic carbocycles. The summed E-state index contributed by atoms with van der Waals surface area (Å²) in [5, 5.41) is 1.10. The summed E-state index contributed by atoms with van der Waals surface area (Å²) in [6.45, 7) is 1.26. The van der Waals surface area contributed by atoms with Gasteiger partial charge in [0, 0.05) is 17.1 Å². The van der Waals surface area contributed by atoms with Crippen LogP contribution in [-0.2, 0) is 6.42 Å². The average Bonchev–Trinajstić information content (AvgIpc) is 2.69. The molecule has 2 aromatic rings. The second kappa shape index (κ2) is 4.64. The monoisotopic (exact) mass is 223 g/mol. The molecule has 3 heteroatoms. The number of aryl methyl sites for hydroxylation is 1. The summed E-state index contributed by atoms with van der Waals surface area (Å²) in [5.74, 6) is 0. The molecule has 0 fully saturated rings. The average molecular weight is 223 g/mol. The molecule has 86 valence electrons. The fourth-order valence-corrected chi connectivity index (χ4v) is 1.86. The molecule has 2 rings (SSSR count). The van der Waals surface area contributed by atoms with Crippen LogP contribution in [0.25, 0.3) is 10.9 Å². The molecule has 1 heterocycles. The van der Waals surface area contributed by atoms with Crippen LogP contribution in [0.2, 0.25) is 0 Å². The zero-order chi connectivity index (χ0) is 11.5. The Morgan fingerprint density at radius 1 is 1.25 bits per heavy atom. The number of aromatic nitrogens is 1. The van der Waals surface area contributed by atoms with Crippen molar-refractivity contribution in [2.45, 2.75) is 32.1 Å². The van der Waals surface area contributed by atoms with E-state index < -0.39 is 12.3 Å². The van der Waals surface area contributed by atoms with E-state index in [4.69, 9.17) is 0 Å². The van der Waals surface area contributed by atoms with E-state index >= 15 is 0 Å². The third kappa shape index (κ3) is 2.23. The van der Waals surface area contributed by atoms with Gasteiger partial charge in [-0.3, -0.25) is 0 Å². The number of H-pyrrole nitrogens is 1. The highest BCUT2D eigenvalue weighted by Crippen LogP contribution is 2.20. The number of nitrogens with one attached hydrogen (secondary N) is 1. The Hall–Kier alpha value is -1.38. The summed E-state index contributed by atoms with van der Waals surface area (Å²) < 4.78 is 25.8. The molecule has 0 saturated heterocycles. The van der Waals surface area contributed by atoms with Gasteiger partial charge < -0.3 is 4.98 Å². The van der Waals surface area contributed by atoms with Gasteiger partial charge in [-0.2, -0.15) is 0 Å². The third-order valence-corrected chi connectivity index (χ3v) is 2.86. The molecule has 0 amide bonds. The van der Waals surface area contributed by atoms with Crippen molar-refractivity contribution in [2.24, 2.45) is 0 Å². The minimum atomic E-state index is -1.38. The van der Waals surface area contributed by atoms with Gasteiger partial charge in [-0.05, 0) is 31.4 Å². The van der Waals surface area contributed by atoms with E-state index in [2.05, 4.69) is 4.98 Å². The van der Waals surface area contributed by atoms with Crippen LogP contribution < -0.4 is 0 Å². The van der Waals surface area contributed by atoms with Gasteiger partial charge in [-0.1, -0.05) is 18.2 Å². The number of hydrogen-bond acceptors (Lipinski definition) is 0. The SMILES string of the molecule is CC(F)[C@H](F)CCc1c[nH]c2ccccc12. The van der Waals surface area contributed by atoms with E-state index in [0.717, 1.165) is 16.5 Å². The molecule has 0 saturated carbocycles. The van der Waals surface area contributed by atoms with Crippen LogP contribution in [0.4, 0.5) is 8.78 Å². The molecule has 16 heavy (non-hydrogen) atoms. The van der Waals surface area contributed by atoms with Crippen molar-refractivity contribution >= 4 is 10.9 Å². The Morgan fingerprint density at radius 2 is 2.00 bits per heavy atom. The van der Waals surface area contributed by atoms with Crippen molar-refractivity contribution in [2.75, 3.05) is 0 Å². The largest absolute Gasteiger partial charge is 0.361 e. The number of hydrogen-bond donors (Lipinski definition) is 1. The quantitative estimate of drug-likeness (QED) is 0.811. The van der Waals surface area contributed by atoms with Crippen molar-refractivity contribution < 1.29 is 8.78 Å². The first-order valence-electron chi connectivity index (χ1n) is 5.51. The lowest BCUT2D eigenvalue weighted by Crippen LogP contribution is -2.13. The first kappa shape index (κ1) is 11.1. The van der Waals surface area contributed by atoms with Crippen molar-refractivity contribution in [1.29, 1.82) is 0 Å². The van der Waals surface area contributed by atoms with Crippen LogP contribution in [0, 0.1) is 0 Å². The van der Waals surface area contributed by atoms with Gasteiger partial charge in [0.25, 0.3) is 0 Å². The van der Waals surface area contributed by atoms with Crippen molar-refractivity contribution in [3.05, 3.63) is 36.0 Å². The Balaban J connectivity index is 2.10. The van der Waals surface area contributed by atoms with E-state index in [9.17, 15) is 8.78 Å². The minimum absolute atomic E-state index is 0.236. The predicted molar refractivity (Wildman–Crippen MR) is 62.1 cm³/mol. The lowest BCUT2D eigenvalue weighted by molar-refractivity contribution is 0.173. The molecule has 2 atom stereocenters. The molecule has 0 bridgehead atoms. The zero-order valence-electron chi connectivity index (χ0n) is 9.21. The smallest absolute Gasteiger partial charge is 0.131 e. The van der Waals surface area contributed by atoms with E-state index in [0.29, 0.717) is 6.42 Å². The maximum absolute atomic E-state index is 13.1. The van der Waals surface area contributed by atoms with Crippen LogP contribution in [-0.4, -0.2) is 17.3 Å². The Labute approximate surface area is 93.5 Å². The fraction of sp³-hybridized carbons (Fsp3) is 0.385. The fourth-order valence-electron chi connectivity index (χ4n) is 1.86. The van der Waals surface area contributed by atoms with Gasteiger partial charge in [0.2, 0.25) is 0 Å². The standard InChI is InChI=1S/C13H15F2N/c1-9(14)12(15)7-6-10-8-16-13-5-3-2-4-11(10)13/h2-5,8-9,12,16H,6-7H2,1H3/t9?,12-/m1/s1. The van der Waals surface area contributed by atoms with Gasteiger partial charge in [0.05, 0.1) is 0 Å². The summed E-state index contributed by atoms with van der Waals surface area (Å²) in [5.41, 5.74) is 2.10. The van der Waals surface area contributed by atoms with Crippen LogP contribution >= 0.6 is 0 Å². The van der Waals surface area contributed by atoms with E-state index in [-0.39, 0.29) is 6.42 Å². The zero-order valence-corrected chi connectivity index (χ0v) is 9.21. The molecule has 1 aromatic carbocycles. The third-order valence-electron chi connectivity index (χ3n) is 2.86. The molecule has 1 N–H and O–H groups in total. The Kier molecular flexibility index (Phi) is 3.22. The Morgan fingerprint density at radius 3 is 2.75 bits per heavy atom. The highest BCUT2D eigenvalue weighted by molar-refractivity contribution is 5.82. The van der Waals surface area contributed by atoms with E-state index in [1.54, 1.807) is 0 Å². The molecule has 0 aliphatic rings. The molecule has 0 radical (unpaired) electrons. The number of aromatic amines is 1. The van der Waals surface area contributed by atoms with Crippen LogP contribution in [0.3, 0.4) is 0 Å². The highest BCUT2D eigenvalue weighted by atomic mass is 19.2. The van der Waals surface area contributed by atoms with Crippen molar-refractivity contribution in [3.8, 4) is 0 Å². The molecule has 0 spiro atoms. The highest BCUT2D eigenvalue weighted by Gasteiger charge is 2.15. The van der Waals surface area contributed by atoms with Gasteiger partial charge in [-0.25, -0.2) is 8.78 Å². The Bertz CT molecular complexity index is 462. The van der Waals surface area contributed by atoms with Crippen LogP contribution in [0.15, 0.2) is 30.5 Å². The van der Waals surface area contributed by atoms with Gasteiger partial charge in [-0.15, -0.1) is 0 Å². The lowest BCUT2D eigenvalue weighted by atomic mass is 10.0. The molecule has 1 nitrogen and oxygen atoms in total. The minimum Gasteiger partial charge on any atom is -0.361 e. The summed E-state index contributed by atoms with van der Waals surface area (Å²) in [7, 11) is 0. The molecule has 1 unspecified atom stereocenters. The van der Waals surface area contributed by atoms with Gasteiger partial charge in [0.15, 0.2) is 0 Å². The summed E-state index contributed by atoms with van der Waals surface area (Å²) in [6.07, 6.45) is -0.0712. The lowest BCUT2D eigenvalue weighted by Gasteiger charge is -2.08. The van der Waals surface area contributed by atoms with E-state index in [1.165, 1.54) is 6.92 Å².